The van der Waals surface area contributed by atoms with E-state index in [0.29, 0.717) is 18.1 Å². The molecule has 120 valence electrons. The molecular formula is C18H16N4O2. The Morgan fingerprint density at radius 2 is 2.00 bits per heavy atom. The predicted octanol–water partition coefficient (Wildman–Crippen LogP) is 2.26. The van der Waals surface area contributed by atoms with Crippen LogP contribution in [0, 0.1) is 11.3 Å². The molecule has 1 fully saturated rings. The van der Waals surface area contributed by atoms with Gasteiger partial charge in [-0.1, -0.05) is 0 Å². The van der Waals surface area contributed by atoms with Gasteiger partial charge in [0.1, 0.15) is 17.9 Å². The van der Waals surface area contributed by atoms with E-state index in [1.54, 1.807) is 18.5 Å². The minimum absolute atomic E-state index is 0.117. The van der Waals surface area contributed by atoms with E-state index >= 15 is 0 Å². The first kappa shape index (κ1) is 14.8. The molecule has 0 aromatic carbocycles. The molecule has 4 heterocycles. The monoisotopic (exact) mass is 320 g/mol. The van der Waals surface area contributed by atoms with Gasteiger partial charge in [0.15, 0.2) is 0 Å². The van der Waals surface area contributed by atoms with Gasteiger partial charge in [0.2, 0.25) is 5.88 Å². The minimum Gasteiger partial charge on any atom is -0.474 e. The highest BCUT2D eigenvalue weighted by Gasteiger charge is 2.26. The van der Waals surface area contributed by atoms with Crippen LogP contribution >= 0.6 is 0 Å². The third kappa shape index (κ3) is 2.74. The van der Waals surface area contributed by atoms with Crippen LogP contribution in [0.2, 0.25) is 0 Å². The van der Waals surface area contributed by atoms with Crippen LogP contribution < -0.4 is 4.74 Å². The van der Waals surface area contributed by atoms with Crippen molar-refractivity contribution < 1.29 is 9.47 Å². The number of rotatable bonds is 3. The van der Waals surface area contributed by atoms with E-state index < -0.39 is 0 Å². The van der Waals surface area contributed by atoms with Crippen LogP contribution in [0.25, 0.3) is 0 Å². The van der Waals surface area contributed by atoms with Crippen LogP contribution in [0.4, 0.5) is 0 Å². The second-order valence-electron chi connectivity index (χ2n) is 5.79. The van der Waals surface area contributed by atoms with Gasteiger partial charge in [0, 0.05) is 30.8 Å². The number of hydrogen-bond acceptors (Lipinski definition) is 6. The molecule has 0 radical (unpaired) electrons. The highest BCUT2D eigenvalue weighted by molar-refractivity contribution is 6.16. The van der Waals surface area contributed by atoms with Crippen molar-refractivity contribution in [2.24, 2.45) is 4.99 Å². The second-order valence-corrected chi connectivity index (χ2v) is 5.79. The van der Waals surface area contributed by atoms with E-state index in [1.807, 2.05) is 12.1 Å². The number of ether oxygens (including phenoxy) is 2. The number of aliphatic imine (C=N–C) groups is 1. The van der Waals surface area contributed by atoms with E-state index in [0.717, 1.165) is 48.5 Å². The van der Waals surface area contributed by atoms with Crippen molar-refractivity contribution in [3.8, 4) is 11.9 Å². The Morgan fingerprint density at radius 1 is 1.17 bits per heavy atom. The van der Waals surface area contributed by atoms with E-state index in [1.165, 1.54) is 0 Å². The summed E-state index contributed by atoms with van der Waals surface area (Å²) >= 11 is 0. The molecule has 6 heteroatoms. The maximum Gasteiger partial charge on any atom is 0.223 e. The highest BCUT2D eigenvalue weighted by atomic mass is 16.5. The van der Waals surface area contributed by atoms with E-state index in [9.17, 15) is 0 Å². The standard InChI is InChI=1S/C18H16N4O2/c19-10-14-9-12(1-5-20-14)17-16-13(11-22-17)2-6-21-18(16)24-15-3-7-23-8-4-15/h1-2,5-6,9,15H,3-4,7-8,11H2. The minimum atomic E-state index is 0.117. The number of aromatic nitrogens is 2. The molecule has 0 spiro atoms. The molecule has 0 bridgehead atoms. The summed E-state index contributed by atoms with van der Waals surface area (Å²) in [7, 11) is 0. The lowest BCUT2D eigenvalue weighted by atomic mass is 10.0. The molecule has 0 amide bonds. The van der Waals surface area contributed by atoms with Crippen LogP contribution in [0.5, 0.6) is 5.88 Å². The van der Waals surface area contributed by atoms with Crippen molar-refractivity contribution in [1.82, 2.24) is 9.97 Å². The molecular weight excluding hydrogens is 304 g/mol. The van der Waals surface area contributed by atoms with Crippen molar-refractivity contribution in [2.45, 2.75) is 25.5 Å². The number of fused-ring (bicyclic) bond motifs is 1. The Morgan fingerprint density at radius 3 is 2.83 bits per heavy atom. The topological polar surface area (TPSA) is 80.4 Å². The quantitative estimate of drug-likeness (QED) is 0.866. The van der Waals surface area contributed by atoms with Gasteiger partial charge in [0.05, 0.1) is 31.0 Å². The van der Waals surface area contributed by atoms with E-state index in [4.69, 9.17) is 14.7 Å². The molecule has 0 aliphatic carbocycles. The Kier molecular flexibility index (Phi) is 3.93. The summed E-state index contributed by atoms with van der Waals surface area (Å²) in [6, 6.07) is 7.65. The number of pyridine rings is 2. The third-order valence-corrected chi connectivity index (χ3v) is 4.24. The molecule has 2 aromatic rings. The summed E-state index contributed by atoms with van der Waals surface area (Å²) in [6.45, 7) is 2.04. The van der Waals surface area contributed by atoms with Crippen LogP contribution in [0.3, 0.4) is 0 Å². The Labute approximate surface area is 139 Å². The Bertz CT molecular complexity index is 835. The molecule has 6 nitrogen and oxygen atoms in total. The lowest BCUT2D eigenvalue weighted by Crippen LogP contribution is -2.27. The molecule has 0 saturated carbocycles. The summed E-state index contributed by atoms with van der Waals surface area (Å²) in [5, 5.41) is 9.07. The smallest absolute Gasteiger partial charge is 0.223 e. The fraction of sp³-hybridized carbons (Fsp3) is 0.333. The second kappa shape index (κ2) is 6.38. The van der Waals surface area contributed by atoms with Gasteiger partial charge in [-0.05, 0) is 23.8 Å². The maximum absolute atomic E-state index is 9.07. The van der Waals surface area contributed by atoms with Gasteiger partial charge >= 0.3 is 0 Å². The van der Waals surface area contributed by atoms with Gasteiger partial charge in [-0.3, -0.25) is 4.99 Å². The van der Waals surface area contributed by atoms with Crippen molar-refractivity contribution in [3.05, 3.63) is 53.0 Å². The zero-order valence-corrected chi connectivity index (χ0v) is 13.1. The van der Waals surface area contributed by atoms with Crippen LogP contribution in [0.15, 0.2) is 35.6 Å². The van der Waals surface area contributed by atoms with E-state index in [2.05, 4.69) is 21.0 Å². The van der Waals surface area contributed by atoms with Gasteiger partial charge in [-0.2, -0.15) is 5.26 Å². The first-order valence-corrected chi connectivity index (χ1v) is 7.99. The molecule has 0 N–H and O–H groups in total. The summed E-state index contributed by atoms with van der Waals surface area (Å²) in [5.41, 5.74) is 4.08. The number of hydrogen-bond donors (Lipinski definition) is 0. The van der Waals surface area contributed by atoms with Crippen molar-refractivity contribution in [1.29, 1.82) is 5.26 Å². The fourth-order valence-electron chi connectivity index (χ4n) is 3.02. The average molecular weight is 320 g/mol. The molecule has 24 heavy (non-hydrogen) atoms. The van der Waals surface area contributed by atoms with Gasteiger partial charge in [0.25, 0.3) is 0 Å². The largest absolute Gasteiger partial charge is 0.474 e. The highest BCUT2D eigenvalue weighted by Crippen LogP contribution is 2.31. The maximum atomic E-state index is 9.07. The molecule has 2 aliphatic heterocycles. The number of nitriles is 1. The van der Waals surface area contributed by atoms with Gasteiger partial charge in [-0.25, -0.2) is 9.97 Å². The Hall–Kier alpha value is -2.78. The summed E-state index contributed by atoms with van der Waals surface area (Å²) in [4.78, 5) is 13.1. The van der Waals surface area contributed by atoms with Crippen LogP contribution in [0.1, 0.15) is 35.2 Å². The fourth-order valence-corrected chi connectivity index (χ4v) is 3.02. The van der Waals surface area contributed by atoms with Gasteiger partial charge < -0.3 is 9.47 Å². The van der Waals surface area contributed by atoms with E-state index in [-0.39, 0.29) is 6.10 Å². The third-order valence-electron chi connectivity index (χ3n) is 4.24. The summed E-state index contributed by atoms with van der Waals surface area (Å²) in [6.07, 6.45) is 5.24. The zero-order chi connectivity index (χ0) is 16.4. The zero-order valence-electron chi connectivity index (χ0n) is 13.1. The van der Waals surface area contributed by atoms with Crippen molar-refractivity contribution in [2.75, 3.05) is 13.2 Å². The molecule has 2 aromatic heterocycles. The molecule has 4 rings (SSSR count). The molecule has 2 aliphatic rings. The lowest BCUT2D eigenvalue weighted by Gasteiger charge is -2.23. The van der Waals surface area contributed by atoms with Crippen molar-refractivity contribution >= 4 is 5.71 Å². The normalized spacial score (nSPS) is 17.0. The first-order chi connectivity index (χ1) is 11.8. The lowest BCUT2D eigenvalue weighted by molar-refractivity contribution is 0.0236. The average Bonchev–Trinajstić information content (AvgIpc) is 3.08. The van der Waals surface area contributed by atoms with Crippen LogP contribution in [-0.2, 0) is 11.3 Å². The molecule has 0 atom stereocenters. The van der Waals surface area contributed by atoms with Gasteiger partial charge in [-0.15, -0.1) is 0 Å². The molecule has 1 saturated heterocycles. The van der Waals surface area contributed by atoms with Crippen molar-refractivity contribution in [3.63, 3.8) is 0 Å². The Balaban J connectivity index is 1.69. The van der Waals surface area contributed by atoms with Crippen LogP contribution in [-0.4, -0.2) is 35.0 Å². The SMILES string of the molecule is N#Cc1cc(C2=NCc3ccnc(OC4CCOCC4)c32)ccn1. The predicted molar refractivity (Wildman–Crippen MR) is 87.0 cm³/mol. The molecule has 0 unspecified atom stereocenters. The first-order valence-electron chi connectivity index (χ1n) is 7.99. The summed E-state index contributed by atoms with van der Waals surface area (Å²) < 4.78 is 11.5. The summed E-state index contributed by atoms with van der Waals surface area (Å²) in [5.74, 6) is 0.617. The number of nitrogens with zero attached hydrogens (tertiary/aromatic N) is 4.